The van der Waals surface area contributed by atoms with E-state index in [1.54, 1.807) is 0 Å². The number of benzene rings is 1. The number of Topliss-reactive ketones (excluding diaryl/α,β-unsaturated/α-hetero) is 1. The number of halogens is 1. The van der Waals surface area contributed by atoms with Crippen molar-refractivity contribution >= 4 is 32.5 Å². The fourth-order valence-corrected chi connectivity index (χ4v) is 3.31. The highest BCUT2D eigenvalue weighted by molar-refractivity contribution is 9.10. The summed E-state index contributed by atoms with van der Waals surface area (Å²) in [5.74, 6) is 2.11. The highest BCUT2D eigenvalue weighted by atomic mass is 79.9. The van der Waals surface area contributed by atoms with E-state index in [4.69, 9.17) is 0 Å². The van der Waals surface area contributed by atoms with Gasteiger partial charge in [0.2, 0.25) is 0 Å². The van der Waals surface area contributed by atoms with Gasteiger partial charge in [-0.2, -0.15) is 0 Å². The molecule has 0 radical (unpaired) electrons. The van der Waals surface area contributed by atoms with Crippen LogP contribution >= 0.6 is 15.9 Å². The van der Waals surface area contributed by atoms with E-state index in [0.717, 1.165) is 22.2 Å². The summed E-state index contributed by atoms with van der Waals surface area (Å²) in [6, 6.07) is 7.38. The summed E-state index contributed by atoms with van der Waals surface area (Å²) in [7, 11) is -0.777. The van der Waals surface area contributed by atoms with Crippen molar-refractivity contribution in [2.75, 3.05) is 11.5 Å². The van der Waals surface area contributed by atoms with Crippen LogP contribution in [-0.2, 0) is 10.8 Å². The normalized spacial score (nSPS) is 12.6. The van der Waals surface area contributed by atoms with Gasteiger partial charge in [0.05, 0.1) is 0 Å². The van der Waals surface area contributed by atoms with E-state index in [2.05, 4.69) is 29.8 Å². The lowest BCUT2D eigenvalue weighted by Crippen LogP contribution is -2.07. The minimum Gasteiger partial charge on any atom is -0.294 e. The summed E-state index contributed by atoms with van der Waals surface area (Å²) in [6.45, 7) is 4.27. The van der Waals surface area contributed by atoms with Gasteiger partial charge >= 0.3 is 0 Å². The monoisotopic (exact) mass is 344 g/mol. The summed E-state index contributed by atoms with van der Waals surface area (Å²) in [4.78, 5) is 11.9. The molecule has 0 saturated heterocycles. The Balaban J connectivity index is 2.27. The number of hydrogen-bond donors (Lipinski definition) is 0. The zero-order valence-electron chi connectivity index (χ0n) is 11.5. The minimum atomic E-state index is -0.777. The summed E-state index contributed by atoms with van der Waals surface area (Å²) in [5, 5.41) is 0. The smallest absolute Gasteiger partial charge is 0.162 e. The Labute approximate surface area is 126 Å². The van der Waals surface area contributed by atoms with Crippen molar-refractivity contribution in [1.29, 1.82) is 0 Å². The molecule has 1 aromatic rings. The van der Waals surface area contributed by atoms with Gasteiger partial charge in [0.15, 0.2) is 5.78 Å². The van der Waals surface area contributed by atoms with Crippen molar-refractivity contribution in [2.24, 2.45) is 5.92 Å². The molecule has 0 aliphatic heterocycles. The average molecular weight is 345 g/mol. The summed E-state index contributed by atoms with van der Waals surface area (Å²) >= 11 is 3.34. The molecule has 0 fully saturated rings. The van der Waals surface area contributed by atoms with Gasteiger partial charge in [-0.1, -0.05) is 41.9 Å². The van der Waals surface area contributed by atoms with E-state index < -0.39 is 10.8 Å². The van der Waals surface area contributed by atoms with Crippen molar-refractivity contribution in [3.63, 3.8) is 0 Å². The third-order valence-electron chi connectivity index (χ3n) is 2.86. The van der Waals surface area contributed by atoms with Gasteiger partial charge in [-0.25, -0.2) is 0 Å². The summed E-state index contributed by atoms with van der Waals surface area (Å²) in [5.41, 5.74) is 0.733. The fraction of sp³-hybridized carbons (Fsp3) is 0.533. The number of carbonyl (C=O) groups is 1. The SMILES string of the molecule is CC(C)CCS(=O)CCCC(=O)c1ccc(Br)cc1. The Morgan fingerprint density at radius 3 is 2.42 bits per heavy atom. The molecule has 2 nitrogen and oxygen atoms in total. The van der Waals surface area contributed by atoms with Crippen molar-refractivity contribution in [1.82, 2.24) is 0 Å². The van der Waals surface area contributed by atoms with Crippen LogP contribution in [0.3, 0.4) is 0 Å². The molecule has 0 amide bonds. The third kappa shape index (κ3) is 7.02. The molecular formula is C15H21BrO2S. The minimum absolute atomic E-state index is 0.133. The topological polar surface area (TPSA) is 34.1 Å². The molecule has 1 unspecified atom stereocenters. The molecular weight excluding hydrogens is 324 g/mol. The quantitative estimate of drug-likeness (QED) is 0.662. The Morgan fingerprint density at radius 1 is 1.21 bits per heavy atom. The van der Waals surface area contributed by atoms with E-state index >= 15 is 0 Å². The maximum atomic E-state index is 11.9. The van der Waals surface area contributed by atoms with Crippen LogP contribution in [0.15, 0.2) is 28.7 Å². The highest BCUT2D eigenvalue weighted by Crippen LogP contribution is 2.13. The van der Waals surface area contributed by atoms with Crippen LogP contribution < -0.4 is 0 Å². The number of rotatable bonds is 8. The summed E-state index contributed by atoms with van der Waals surface area (Å²) < 4.78 is 12.7. The van der Waals surface area contributed by atoms with Gasteiger partial charge in [-0.3, -0.25) is 9.00 Å². The largest absolute Gasteiger partial charge is 0.294 e. The Morgan fingerprint density at radius 2 is 1.84 bits per heavy atom. The molecule has 0 bridgehead atoms. The second-order valence-electron chi connectivity index (χ2n) is 5.06. The van der Waals surface area contributed by atoms with Crippen molar-refractivity contribution < 1.29 is 9.00 Å². The van der Waals surface area contributed by atoms with Crippen LogP contribution in [0.25, 0.3) is 0 Å². The first-order chi connectivity index (χ1) is 8.99. The third-order valence-corrected chi connectivity index (χ3v) is 4.83. The zero-order valence-corrected chi connectivity index (χ0v) is 13.9. The van der Waals surface area contributed by atoms with Crippen molar-refractivity contribution in [3.8, 4) is 0 Å². The number of ketones is 1. The number of carbonyl (C=O) groups excluding carboxylic acids is 1. The molecule has 4 heteroatoms. The van der Waals surface area contributed by atoms with Gasteiger partial charge in [0, 0.05) is 38.8 Å². The van der Waals surface area contributed by atoms with Crippen LogP contribution in [0.5, 0.6) is 0 Å². The first kappa shape index (κ1) is 16.6. The van der Waals surface area contributed by atoms with E-state index in [1.165, 1.54) is 0 Å². The van der Waals surface area contributed by atoms with Crippen LogP contribution in [0.2, 0.25) is 0 Å². The molecule has 0 aromatic heterocycles. The van der Waals surface area contributed by atoms with Crippen molar-refractivity contribution in [2.45, 2.75) is 33.1 Å². The predicted molar refractivity (Wildman–Crippen MR) is 85.0 cm³/mol. The van der Waals surface area contributed by atoms with Crippen LogP contribution in [0.4, 0.5) is 0 Å². The fourth-order valence-electron chi connectivity index (χ4n) is 1.64. The molecule has 0 aliphatic carbocycles. The van der Waals surface area contributed by atoms with Gasteiger partial charge in [0.1, 0.15) is 0 Å². The first-order valence-electron chi connectivity index (χ1n) is 6.62. The Bertz CT molecular complexity index is 426. The van der Waals surface area contributed by atoms with E-state index in [9.17, 15) is 9.00 Å². The molecule has 0 N–H and O–H groups in total. The van der Waals surface area contributed by atoms with Crippen LogP contribution in [0.1, 0.15) is 43.5 Å². The summed E-state index contributed by atoms with van der Waals surface area (Å²) in [6.07, 6.45) is 2.18. The lowest BCUT2D eigenvalue weighted by molar-refractivity contribution is 0.0982. The molecule has 106 valence electrons. The van der Waals surface area contributed by atoms with Crippen LogP contribution in [0, 0.1) is 5.92 Å². The second kappa shape index (κ2) is 8.64. The maximum Gasteiger partial charge on any atom is 0.162 e. The van der Waals surface area contributed by atoms with Crippen molar-refractivity contribution in [3.05, 3.63) is 34.3 Å². The molecule has 0 spiro atoms. The first-order valence-corrected chi connectivity index (χ1v) is 8.91. The predicted octanol–water partition coefficient (Wildman–Crippen LogP) is 4.21. The maximum absolute atomic E-state index is 11.9. The molecule has 0 heterocycles. The Hall–Kier alpha value is -0.480. The molecule has 0 aliphatic rings. The van der Waals surface area contributed by atoms with E-state index in [1.807, 2.05) is 24.3 Å². The number of hydrogen-bond acceptors (Lipinski definition) is 2. The molecule has 19 heavy (non-hydrogen) atoms. The molecule has 1 atom stereocenters. The standard InChI is InChI=1S/C15H21BrO2S/c1-12(2)9-11-19(18)10-3-4-15(17)13-5-7-14(16)8-6-13/h5-8,12H,3-4,9-11H2,1-2H3. The lowest BCUT2D eigenvalue weighted by Gasteiger charge is -2.05. The van der Waals surface area contributed by atoms with Crippen LogP contribution in [-0.4, -0.2) is 21.5 Å². The van der Waals surface area contributed by atoms with Gasteiger partial charge in [0.25, 0.3) is 0 Å². The second-order valence-corrected chi connectivity index (χ2v) is 7.68. The van der Waals surface area contributed by atoms with Gasteiger partial charge in [-0.15, -0.1) is 0 Å². The lowest BCUT2D eigenvalue weighted by atomic mass is 10.1. The molecule has 1 rings (SSSR count). The molecule has 0 saturated carbocycles. The van der Waals surface area contributed by atoms with Gasteiger partial charge in [-0.05, 0) is 30.9 Å². The van der Waals surface area contributed by atoms with E-state index in [-0.39, 0.29) is 5.78 Å². The zero-order chi connectivity index (χ0) is 14.3. The molecule has 1 aromatic carbocycles. The Kier molecular flexibility index (Phi) is 7.54. The average Bonchev–Trinajstić information content (AvgIpc) is 2.37. The van der Waals surface area contributed by atoms with E-state index in [0.29, 0.717) is 24.5 Å². The highest BCUT2D eigenvalue weighted by Gasteiger charge is 2.07. The van der Waals surface area contributed by atoms with Gasteiger partial charge < -0.3 is 0 Å².